The highest BCUT2D eigenvalue weighted by molar-refractivity contribution is 7.89. The maximum Gasteiger partial charge on any atom is 0.247 e. The normalized spacial score (nSPS) is 21.6. The molecule has 3 aliphatic rings. The van der Waals surface area contributed by atoms with Crippen molar-refractivity contribution in [1.29, 1.82) is 0 Å². The molecule has 0 unspecified atom stereocenters. The third-order valence-corrected chi connectivity index (χ3v) is 8.16. The van der Waals surface area contributed by atoms with Crippen LogP contribution in [-0.2, 0) is 21.2 Å². The number of benzene rings is 1. The Bertz CT molecular complexity index is 862. The predicted octanol–water partition coefficient (Wildman–Crippen LogP) is 3.64. The van der Waals surface area contributed by atoms with Crippen molar-refractivity contribution in [3.63, 3.8) is 0 Å². The van der Waals surface area contributed by atoms with Crippen molar-refractivity contribution in [2.75, 3.05) is 13.1 Å². The number of sulfonamides is 1. The molecule has 152 valence electrons. The Morgan fingerprint density at radius 3 is 2.36 bits per heavy atom. The molecule has 1 aromatic carbocycles. The van der Waals surface area contributed by atoms with E-state index in [0.717, 1.165) is 55.2 Å². The van der Waals surface area contributed by atoms with Crippen LogP contribution in [0.5, 0.6) is 0 Å². The largest absolute Gasteiger partial charge is 0.350 e. The zero-order valence-electron chi connectivity index (χ0n) is 16.5. The van der Waals surface area contributed by atoms with Gasteiger partial charge in [0.05, 0.1) is 4.90 Å². The second-order valence-electron chi connectivity index (χ2n) is 8.33. The number of rotatable bonds is 4. The lowest BCUT2D eigenvalue weighted by Crippen LogP contribution is -2.37. The average molecular weight is 403 g/mol. The van der Waals surface area contributed by atoms with E-state index in [1.807, 2.05) is 12.1 Å². The van der Waals surface area contributed by atoms with Gasteiger partial charge in [0, 0.05) is 31.1 Å². The number of hydrogen-bond donors (Lipinski definition) is 1. The summed E-state index contributed by atoms with van der Waals surface area (Å²) in [4.78, 5) is 13.0. The van der Waals surface area contributed by atoms with Crippen molar-refractivity contribution in [2.45, 2.75) is 75.1 Å². The van der Waals surface area contributed by atoms with E-state index in [1.165, 1.54) is 19.3 Å². The molecule has 1 aromatic rings. The number of nitrogens with zero attached hydrogens (tertiary/aromatic N) is 1. The van der Waals surface area contributed by atoms with E-state index < -0.39 is 10.0 Å². The van der Waals surface area contributed by atoms with Gasteiger partial charge in [0.25, 0.3) is 0 Å². The van der Waals surface area contributed by atoms with Gasteiger partial charge >= 0.3 is 0 Å². The molecule has 1 saturated carbocycles. The zero-order chi connectivity index (χ0) is 19.6. The van der Waals surface area contributed by atoms with Gasteiger partial charge in [0.1, 0.15) is 0 Å². The number of amides is 1. The highest BCUT2D eigenvalue weighted by Crippen LogP contribution is 2.30. The summed E-state index contributed by atoms with van der Waals surface area (Å²) in [7, 11) is -3.46. The Morgan fingerprint density at radius 2 is 1.64 bits per heavy atom. The summed E-state index contributed by atoms with van der Waals surface area (Å²) in [5, 5.41) is 3.17. The van der Waals surface area contributed by atoms with Crippen LogP contribution in [0.1, 0.15) is 68.9 Å². The van der Waals surface area contributed by atoms with E-state index in [0.29, 0.717) is 24.4 Å². The van der Waals surface area contributed by atoms with Gasteiger partial charge in [0.2, 0.25) is 15.9 Å². The zero-order valence-corrected chi connectivity index (χ0v) is 17.3. The Balaban J connectivity index is 1.50. The van der Waals surface area contributed by atoms with E-state index in [2.05, 4.69) is 5.32 Å². The molecule has 28 heavy (non-hydrogen) atoms. The van der Waals surface area contributed by atoms with Gasteiger partial charge in [-0.1, -0.05) is 38.2 Å². The fourth-order valence-electron chi connectivity index (χ4n) is 4.57. The molecule has 2 aliphatic carbocycles. The molecule has 0 atom stereocenters. The lowest BCUT2D eigenvalue weighted by molar-refractivity contribution is -0.118. The first kappa shape index (κ1) is 19.6. The molecule has 0 aromatic heterocycles. The van der Waals surface area contributed by atoms with Crippen molar-refractivity contribution in [3.05, 3.63) is 34.9 Å². The fourth-order valence-corrected chi connectivity index (χ4v) is 6.13. The molecule has 5 nitrogen and oxygen atoms in total. The smallest absolute Gasteiger partial charge is 0.247 e. The molecule has 1 heterocycles. The summed E-state index contributed by atoms with van der Waals surface area (Å²) in [6, 6.07) is 5.60. The van der Waals surface area contributed by atoms with Crippen LogP contribution >= 0.6 is 0 Å². The average Bonchev–Trinajstić information content (AvgIpc) is 2.93. The Labute approximate surface area is 168 Å². The number of hydrogen-bond acceptors (Lipinski definition) is 3. The van der Waals surface area contributed by atoms with Crippen LogP contribution < -0.4 is 5.32 Å². The van der Waals surface area contributed by atoms with Gasteiger partial charge in [-0.25, -0.2) is 8.42 Å². The lowest BCUT2D eigenvalue weighted by Gasteiger charge is -2.22. The molecule has 1 amide bonds. The number of carbonyl (C=O) groups excluding carboxylic acids is 1. The molecule has 2 fully saturated rings. The Kier molecular flexibility index (Phi) is 5.88. The van der Waals surface area contributed by atoms with Gasteiger partial charge in [-0.3, -0.25) is 4.79 Å². The molecule has 0 bridgehead atoms. The molecule has 1 aliphatic heterocycles. The summed E-state index contributed by atoms with van der Waals surface area (Å²) in [6.07, 6.45) is 12.2. The minimum absolute atomic E-state index is 0.0000234. The molecule has 4 rings (SSSR count). The van der Waals surface area contributed by atoms with Gasteiger partial charge < -0.3 is 5.32 Å². The first-order chi connectivity index (χ1) is 13.5. The van der Waals surface area contributed by atoms with Crippen molar-refractivity contribution in [2.24, 2.45) is 0 Å². The standard InChI is InChI=1S/C22H30N2O3S/c25-22(23-20-8-4-3-5-9-20)19-14-17-10-11-21(16-18(17)15-19)28(26,27)24-12-6-1-2-7-13-24/h10-11,15-16,20H,1-9,12-14H2,(H,23,25). The number of fused-ring (bicyclic) bond motifs is 1. The highest BCUT2D eigenvalue weighted by atomic mass is 32.2. The minimum Gasteiger partial charge on any atom is -0.350 e. The Hall–Kier alpha value is -1.66. The number of carbonyl (C=O) groups is 1. The van der Waals surface area contributed by atoms with Crippen molar-refractivity contribution >= 4 is 22.0 Å². The van der Waals surface area contributed by atoms with Gasteiger partial charge in [-0.05, 0) is 55.0 Å². The molecule has 1 saturated heterocycles. The van der Waals surface area contributed by atoms with Gasteiger partial charge in [0.15, 0.2) is 0 Å². The van der Waals surface area contributed by atoms with Crippen LogP contribution in [0, 0.1) is 0 Å². The van der Waals surface area contributed by atoms with Crippen LogP contribution in [0.15, 0.2) is 28.7 Å². The lowest BCUT2D eigenvalue weighted by atomic mass is 9.95. The SMILES string of the molecule is O=C(NC1CCCCC1)C1=Cc2cc(S(=O)(=O)N3CCCCCC3)ccc2C1. The maximum atomic E-state index is 13.0. The van der Waals surface area contributed by atoms with E-state index in [-0.39, 0.29) is 11.9 Å². The molecular weight excluding hydrogens is 372 g/mol. The first-order valence-corrected chi connectivity index (χ1v) is 12.1. The van der Waals surface area contributed by atoms with E-state index in [9.17, 15) is 13.2 Å². The monoisotopic (exact) mass is 402 g/mol. The summed E-state index contributed by atoms with van der Waals surface area (Å²) in [5.74, 6) is 0.0000234. The van der Waals surface area contributed by atoms with Crippen LogP contribution in [0.3, 0.4) is 0 Å². The van der Waals surface area contributed by atoms with Crippen LogP contribution in [0.2, 0.25) is 0 Å². The van der Waals surface area contributed by atoms with Gasteiger partial charge in [-0.2, -0.15) is 4.31 Å². The highest BCUT2D eigenvalue weighted by Gasteiger charge is 2.27. The molecule has 0 spiro atoms. The third kappa shape index (κ3) is 4.18. The molecular formula is C22H30N2O3S. The summed E-state index contributed by atoms with van der Waals surface area (Å²) in [5.41, 5.74) is 2.64. The van der Waals surface area contributed by atoms with Crippen molar-refractivity contribution in [3.8, 4) is 0 Å². The molecule has 6 heteroatoms. The van der Waals surface area contributed by atoms with E-state index >= 15 is 0 Å². The molecule has 1 N–H and O–H groups in total. The second kappa shape index (κ2) is 8.37. The first-order valence-electron chi connectivity index (χ1n) is 10.7. The van der Waals surface area contributed by atoms with Crippen molar-refractivity contribution in [1.82, 2.24) is 9.62 Å². The minimum atomic E-state index is -3.46. The third-order valence-electron chi connectivity index (χ3n) is 6.26. The second-order valence-corrected chi connectivity index (χ2v) is 10.3. The van der Waals surface area contributed by atoms with Crippen LogP contribution in [0.4, 0.5) is 0 Å². The topological polar surface area (TPSA) is 66.5 Å². The van der Waals surface area contributed by atoms with Crippen LogP contribution in [0.25, 0.3) is 6.08 Å². The summed E-state index contributed by atoms with van der Waals surface area (Å²) >= 11 is 0. The van der Waals surface area contributed by atoms with Gasteiger partial charge in [-0.15, -0.1) is 0 Å². The summed E-state index contributed by atoms with van der Waals surface area (Å²) < 4.78 is 27.7. The predicted molar refractivity (Wildman–Crippen MR) is 110 cm³/mol. The number of nitrogens with one attached hydrogen (secondary N) is 1. The van der Waals surface area contributed by atoms with Crippen molar-refractivity contribution < 1.29 is 13.2 Å². The van der Waals surface area contributed by atoms with E-state index in [1.54, 1.807) is 16.4 Å². The Morgan fingerprint density at radius 1 is 0.964 bits per heavy atom. The van der Waals surface area contributed by atoms with E-state index in [4.69, 9.17) is 0 Å². The fraction of sp³-hybridized carbons (Fsp3) is 0.591. The van der Waals surface area contributed by atoms with Crippen LogP contribution in [-0.4, -0.2) is 37.8 Å². The summed E-state index contributed by atoms with van der Waals surface area (Å²) in [6.45, 7) is 1.20. The maximum absolute atomic E-state index is 13.0. The quantitative estimate of drug-likeness (QED) is 0.836. The molecule has 0 radical (unpaired) electrons.